The maximum Gasteiger partial charge on any atom is 0.266 e. The lowest BCUT2D eigenvalue weighted by Crippen LogP contribution is -2.59. The van der Waals surface area contributed by atoms with Gasteiger partial charge in [0.25, 0.3) is 11.8 Å². The van der Waals surface area contributed by atoms with Crippen LogP contribution in [-0.2, 0) is 5.60 Å². The van der Waals surface area contributed by atoms with Crippen molar-refractivity contribution in [2.45, 2.75) is 18.1 Å². The number of piperidine rings is 1. The Balaban J connectivity index is 1.59. The first-order valence-corrected chi connectivity index (χ1v) is 9.16. The number of rotatable bonds is 4. The molecule has 6 heteroatoms. The number of hydrogen-bond donors (Lipinski definition) is 1. The Labute approximate surface area is 159 Å². The van der Waals surface area contributed by atoms with E-state index in [0.717, 1.165) is 11.1 Å². The third kappa shape index (κ3) is 3.34. The number of aromatic nitrogens is 2. The highest BCUT2D eigenvalue weighted by molar-refractivity contribution is 5.54. The van der Waals surface area contributed by atoms with Gasteiger partial charge in [-0.3, -0.25) is 0 Å². The molecule has 0 spiro atoms. The lowest BCUT2D eigenvalue weighted by Gasteiger charge is -2.47. The van der Waals surface area contributed by atoms with Crippen molar-refractivity contribution in [3.8, 4) is 11.5 Å². The fourth-order valence-corrected chi connectivity index (χ4v) is 3.80. The lowest BCUT2D eigenvalue weighted by molar-refractivity contribution is -0.0529. The van der Waals surface area contributed by atoms with E-state index in [1.54, 1.807) is 0 Å². The van der Waals surface area contributed by atoms with E-state index in [1.165, 1.54) is 0 Å². The van der Waals surface area contributed by atoms with Crippen molar-refractivity contribution in [2.24, 2.45) is 0 Å². The molecule has 2 aromatic carbocycles. The van der Waals surface area contributed by atoms with Crippen LogP contribution in [0.4, 0.5) is 5.95 Å². The average molecular weight is 364 g/mol. The predicted molar refractivity (Wildman–Crippen MR) is 104 cm³/mol. The third-order valence-electron chi connectivity index (χ3n) is 5.32. The minimum atomic E-state index is -0.909. The van der Waals surface area contributed by atoms with Gasteiger partial charge in [-0.1, -0.05) is 48.5 Å². The predicted octanol–water partition coefficient (Wildman–Crippen LogP) is 2.76. The fraction of sp³-hybridized carbons (Fsp3) is 0.333. The summed E-state index contributed by atoms with van der Waals surface area (Å²) in [7, 11) is 3.99. The zero-order valence-corrected chi connectivity index (χ0v) is 15.6. The lowest BCUT2D eigenvalue weighted by atomic mass is 9.80. The van der Waals surface area contributed by atoms with Crippen LogP contribution in [0.1, 0.15) is 12.0 Å². The summed E-state index contributed by atoms with van der Waals surface area (Å²) in [5.74, 6) is 1.08. The molecule has 0 saturated carbocycles. The highest BCUT2D eigenvalue weighted by Crippen LogP contribution is 2.36. The van der Waals surface area contributed by atoms with E-state index in [-0.39, 0.29) is 6.04 Å². The van der Waals surface area contributed by atoms with E-state index < -0.39 is 5.60 Å². The monoisotopic (exact) mass is 364 g/mol. The number of aliphatic hydroxyl groups is 1. The van der Waals surface area contributed by atoms with Crippen LogP contribution in [-0.4, -0.2) is 53.4 Å². The Hall–Kier alpha value is -2.70. The second-order valence-electron chi connectivity index (χ2n) is 7.23. The smallest absolute Gasteiger partial charge is 0.266 e. The number of hydrogen-bond acceptors (Lipinski definition) is 6. The van der Waals surface area contributed by atoms with Crippen LogP contribution in [0.15, 0.2) is 65.2 Å². The maximum atomic E-state index is 11.5. The maximum absolute atomic E-state index is 11.5. The topological polar surface area (TPSA) is 65.6 Å². The van der Waals surface area contributed by atoms with Gasteiger partial charge in [-0.05, 0) is 43.4 Å². The number of benzene rings is 2. The van der Waals surface area contributed by atoms with Crippen molar-refractivity contribution in [1.82, 2.24) is 15.0 Å². The van der Waals surface area contributed by atoms with Crippen molar-refractivity contribution >= 4 is 5.95 Å². The average Bonchev–Trinajstić information content (AvgIpc) is 3.20. The van der Waals surface area contributed by atoms with Gasteiger partial charge >= 0.3 is 0 Å². The summed E-state index contributed by atoms with van der Waals surface area (Å²) in [6.07, 6.45) is 0.592. The highest BCUT2D eigenvalue weighted by Gasteiger charge is 2.44. The molecule has 3 aromatic rings. The summed E-state index contributed by atoms with van der Waals surface area (Å²) in [5.41, 5.74) is 0.937. The quantitative estimate of drug-likeness (QED) is 0.768. The van der Waals surface area contributed by atoms with Crippen molar-refractivity contribution in [3.05, 3.63) is 66.2 Å². The van der Waals surface area contributed by atoms with Crippen molar-refractivity contribution in [2.75, 3.05) is 32.1 Å². The van der Waals surface area contributed by atoms with Crippen LogP contribution in [0.3, 0.4) is 0 Å². The number of likely N-dealkylation sites (N-methyl/N-ethyl adjacent to an activating group) is 1. The molecule has 0 unspecified atom stereocenters. The largest absolute Gasteiger partial charge is 0.383 e. The van der Waals surface area contributed by atoms with Gasteiger partial charge < -0.3 is 19.4 Å². The molecule has 0 amide bonds. The molecular weight excluding hydrogens is 340 g/mol. The molecule has 140 valence electrons. The van der Waals surface area contributed by atoms with Crippen LogP contribution in [0, 0.1) is 0 Å². The second-order valence-corrected chi connectivity index (χ2v) is 7.23. The van der Waals surface area contributed by atoms with Crippen molar-refractivity contribution in [1.29, 1.82) is 0 Å². The van der Waals surface area contributed by atoms with Crippen LogP contribution >= 0.6 is 0 Å². The first kappa shape index (κ1) is 17.7. The summed E-state index contributed by atoms with van der Waals surface area (Å²) in [6.45, 7) is 1.27. The van der Waals surface area contributed by atoms with Gasteiger partial charge in [0.15, 0.2) is 0 Å². The van der Waals surface area contributed by atoms with Gasteiger partial charge in [-0.25, -0.2) is 0 Å². The van der Waals surface area contributed by atoms with E-state index in [0.29, 0.717) is 31.3 Å². The van der Waals surface area contributed by atoms with E-state index >= 15 is 0 Å². The van der Waals surface area contributed by atoms with Gasteiger partial charge in [0, 0.05) is 18.7 Å². The van der Waals surface area contributed by atoms with Crippen LogP contribution in [0.25, 0.3) is 11.5 Å². The fourth-order valence-electron chi connectivity index (χ4n) is 3.80. The molecule has 1 fully saturated rings. The van der Waals surface area contributed by atoms with E-state index in [2.05, 4.69) is 19.9 Å². The highest BCUT2D eigenvalue weighted by atomic mass is 16.5. The minimum absolute atomic E-state index is 0.0904. The Bertz CT molecular complexity index is 881. The van der Waals surface area contributed by atoms with E-state index in [1.807, 2.05) is 74.8 Å². The van der Waals surface area contributed by atoms with Crippen molar-refractivity contribution < 1.29 is 9.63 Å². The molecule has 0 bridgehead atoms. The van der Waals surface area contributed by atoms with E-state index in [9.17, 15) is 5.11 Å². The van der Waals surface area contributed by atoms with Crippen LogP contribution < -0.4 is 4.90 Å². The third-order valence-corrected chi connectivity index (χ3v) is 5.32. The number of nitrogens with zero attached hydrogens (tertiary/aromatic N) is 4. The van der Waals surface area contributed by atoms with Gasteiger partial charge in [-0.2, -0.15) is 4.98 Å². The van der Waals surface area contributed by atoms with E-state index in [4.69, 9.17) is 4.52 Å². The molecule has 27 heavy (non-hydrogen) atoms. The first-order valence-electron chi connectivity index (χ1n) is 9.16. The zero-order chi connectivity index (χ0) is 18.9. The van der Waals surface area contributed by atoms with Gasteiger partial charge in [0.05, 0.1) is 6.04 Å². The summed E-state index contributed by atoms with van der Waals surface area (Å²) in [5, 5.41) is 15.7. The van der Waals surface area contributed by atoms with Gasteiger partial charge in [0.1, 0.15) is 5.60 Å². The molecule has 1 aliphatic rings. The zero-order valence-electron chi connectivity index (χ0n) is 15.6. The van der Waals surface area contributed by atoms with Gasteiger partial charge in [-0.15, -0.1) is 0 Å². The molecule has 6 nitrogen and oxygen atoms in total. The molecule has 2 atom stereocenters. The Morgan fingerprint density at radius 2 is 1.74 bits per heavy atom. The summed E-state index contributed by atoms with van der Waals surface area (Å²) < 4.78 is 5.46. The molecule has 0 radical (unpaired) electrons. The summed E-state index contributed by atoms with van der Waals surface area (Å²) in [4.78, 5) is 8.71. The summed E-state index contributed by atoms with van der Waals surface area (Å²) >= 11 is 0. The molecular formula is C21H24N4O2. The molecule has 1 aromatic heterocycles. The van der Waals surface area contributed by atoms with Gasteiger partial charge in [0.2, 0.25) is 0 Å². The SMILES string of the molecule is CN(C)[C@@H]1CN(c2noc(-c3ccccc3)n2)CC[C@]1(O)c1ccccc1. The molecule has 4 rings (SSSR count). The van der Waals surface area contributed by atoms with Crippen molar-refractivity contribution in [3.63, 3.8) is 0 Å². The normalized spacial score (nSPS) is 23.0. The Morgan fingerprint density at radius 1 is 1.07 bits per heavy atom. The Morgan fingerprint density at radius 3 is 2.41 bits per heavy atom. The molecule has 1 N–H and O–H groups in total. The molecule has 1 aliphatic heterocycles. The molecule has 2 heterocycles. The summed E-state index contributed by atoms with van der Waals surface area (Å²) in [6, 6.07) is 19.6. The molecule has 1 saturated heterocycles. The molecule has 0 aliphatic carbocycles. The second kappa shape index (κ2) is 7.13. The minimum Gasteiger partial charge on any atom is -0.383 e. The van der Waals surface area contributed by atoms with Crippen LogP contribution in [0.5, 0.6) is 0 Å². The Kier molecular flexibility index (Phi) is 4.68. The number of anilines is 1. The standard InChI is InChI=1S/C21H24N4O2/c1-24(2)18-15-25(14-13-21(18,26)17-11-7-4-8-12-17)20-22-19(27-23-20)16-9-5-3-6-10-16/h3-12,18,26H,13-15H2,1-2H3/t18-,21+/m1/s1. The first-order chi connectivity index (χ1) is 13.1. The van der Waals surface area contributed by atoms with Crippen LogP contribution in [0.2, 0.25) is 0 Å².